The van der Waals surface area contributed by atoms with Gasteiger partial charge in [0, 0.05) is 63.7 Å². The van der Waals surface area contributed by atoms with Crippen LogP contribution in [0.3, 0.4) is 0 Å². The molecule has 2 aliphatic heterocycles. The summed E-state index contributed by atoms with van der Waals surface area (Å²) in [6, 6.07) is 10.3. The highest BCUT2D eigenvalue weighted by Crippen LogP contribution is 2.34. The number of alkyl halides is 2. The van der Waals surface area contributed by atoms with Crippen LogP contribution in [-0.4, -0.2) is 67.6 Å². The van der Waals surface area contributed by atoms with Crippen LogP contribution >= 0.6 is 0 Å². The lowest BCUT2D eigenvalue weighted by Crippen LogP contribution is -2.40. The molecule has 1 unspecified atom stereocenters. The molecule has 2 aromatic rings. The molecule has 0 bridgehead atoms. The summed E-state index contributed by atoms with van der Waals surface area (Å²) in [5.41, 5.74) is 3.72. The molecule has 168 valence electrons. The molecule has 0 spiro atoms. The fraction of sp³-hybridized carbons (Fsp3) is 0.542. The molecule has 0 saturated carbocycles. The van der Waals surface area contributed by atoms with Gasteiger partial charge in [0.1, 0.15) is 5.75 Å². The van der Waals surface area contributed by atoms with Gasteiger partial charge in [-0.25, -0.2) is 13.8 Å². The third kappa shape index (κ3) is 5.52. The number of hydrogen-bond acceptors (Lipinski definition) is 5. The van der Waals surface area contributed by atoms with Crippen molar-refractivity contribution in [1.82, 2.24) is 14.8 Å². The Kier molecular flexibility index (Phi) is 6.72. The number of methoxy groups -OCH3 is 1. The van der Waals surface area contributed by atoms with Crippen LogP contribution < -0.4 is 9.47 Å². The lowest BCUT2D eigenvalue weighted by atomic mass is 9.86. The first kappa shape index (κ1) is 22.0. The first-order valence-corrected chi connectivity index (χ1v) is 11.0. The maximum Gasteiger partial charge on any atom is 0.250 e. The van der Waals surface area contributed by atoms with Gasteiger partial charge in [-0.05, 0) is 42.3 Å². The number of aromatic nitrogens is 1. The number of halogens is 2. The summed E-state index contributed by atoms with van der Waals surface area (Å²) in [6.07, 6.45) is 2.67. The molecule has 1 aromatic heterocycles. The second-order valence-corrected chi connectivity index (χ2v) is 8.64. The minimum Gasteiger partial charge on any atom is -0.497 e. The molecule has 4 rings (SSSR count). The van der Waals surface area contributed by atoms with E-state index in [-0.39, 0.29) is 18.8 Å². The van der Waals surface area contributed by atoms with Gasteiger partial charge in [-0.1, -0.05) is 12.1 Å². The molecule has 7 heteroatoms. The van der Waals surface area contributed by atoms with Crippen molar-refractivity contribution < 1.29 is 18.3 Å². The van der Waals surface area contributed by atoms with Crippen LogP contribution in [0.1, 0.15) is 41.9 Å². The van der Waals surface area contributed by atoms with Gasteiger partial charge < -0.3 is 19.3 Å². The largest absolute Gasteiger partial charge is 0.497 e. The number of pyridine rings is 1. The average molecular weight is 432 g/mol. The van der Waals surface area contributed by atoms with Crippen LogP contribution in [0.15, 0.2) is 36.5 Å². The fourth-order valence-electron chi connectivity index (χ4n) is 4.47. The molecule has 5 nitrogen and oxygen atoms in total. The van der Waals surface area contributed by atoms with Crippen LogP contribution in [-0.2, 0) is 6.54 Å². The van der Waals surface area contributed by atoms with E-state index in [1.807, 2.05) is 24.4 Å². The van der Waals surface area contributed by atoms with Gasteiger partial charge in [0.25, 0.3) is 5.92 Å². The number of likely N-dealkylation sites (N-methyl/N-ethyl adjacent to an activating group) is 1. The summed E-state index contributed by atoms with van der Waals surface area (Å²) < 4.78 is 37.7. The van der Waals surface area contributed by atoms with E-state index in [0.29, 0.717) is 25.6 Å². The number of ether oxygens (including phenoxy) is 2. The molecule has 3 heterocycles. The molecule has 1 saturated heterocycles. The lowest BCUT2D eigenvalue weighted by molar-refractivity contribution is -0.0554. The van der Waals surface area contributed by atoms with Crippen LogP contribution in [0.5, 0.6) is 11.6 Å². The Morgan fingerprint density at radius 2 is 1.90 bits per heavy atom. The highest BCUT2D eigenvalue weighted by Gasteiger charge is 2.33. The monoisotopic (exact) mass is 431 g/mol. The molecule has 31 heavy (non-hydrogen) atoms. The quantitative estimate of drug-likeness (QED) is 0.616. The molecule has 0 amide bonds. The molecular formula is C24H31F2N3O2. The topological polar surface area (TPSA) is 37.8 Å². The first-order chi connectivity index (χ1) is 14.9. The SMILES string of the molecule is COc1ccc(C2CN(C)Cc3cc(OCCCN4CCC(F)(F)CC4)ncc32)cc1. The van der Waals surface area contributed by atoms with Gasteiger partial charge >= 0.3 is 0 Å². The molecule has 1 atom stereocenters. The number of benzene rings is 1. The van der Waals surface area contributed by atoms with Crippen LogP contribution in [0.4, 0.5) is 8.78 Å². The Hall–Kier alpha value is -2.25. The zero-order chi connectivity index (χ0) is 21.8. The summed E-state index contributed by atoms with van der Waals surface area (Å²) >= 11 is 0. The second kappa shape index (κ2) is 9.49. The second-order valence-electron chi connectivity index (χ2n) is 8.64. The maximum absolute atomic E-state index is 13.3. The highest BCUT2D eigenvalue weighted by molar-refractivity contribution is 5.42. The third-order valence-electron chi connectivity index (χ3n) is 6.28. The molecule has 0 N–H and O–H groups in total. The van der Waals surface area contributed by atoms with Crippen molar-refractivity contribution in [1.29, 1.82) is 0 Å². The number of rotatable bonds is 7. The predicted octanol–water partition coefficient (Wildman–Crippen LogP) is 4.17. The Morgan fingerprint density at radius 3 is 2.61 bits per heavy atom. The van der Waals surface area contributed by atoms with E-state index in [4.69, 9.17) is 9.47 Å². The zero-order valence-corrected chi connectivity index (χ0v) is 18.3. The van der Waals surface area contributed by atoms with Crippen molar-refractivity contribution in [2.45, 2.75) is 37.6 Å². The van der Waals surface area contributed by atoms with Gasteiger partial charge in [0.05, 0.1) is 13.7 Å². The maximum atomic E-state index is 13.3. The number of piperidine rings is 1. The summed E-state index contributed by atoms with van der Waals surface area (Å²) in [6.45, 7) is 4.05. The van der Waals surface area contributed by atoms with Gasteiger partial charge in [-0.3, -0.25) is 0 Å². The van der Waals surface area contributed by atoms with Crippen molar-refractivity contribution in [2.24, 2.45) is 0 Å². The molecule has 0 aliphatic carbocycles. The van der Waals surface area contributed by atoms with E-state index in [0.717, 1.165) is 31.8 Å². The Balaban J connectivity index is 1.34. The normalized spacial score (nSPS) is 21.5. The van der Waals surface area contributed by atoms with Crippen molar-refractivity contribution >= 4 is 0 Å². The summed E-state index contributed by atoms with van der Waals surface area (Å²) in [7, 11) is 3.80. The molecule has 0 radical (unpaired) electrons. The van der Waals surface area contributed by atoms with Crippen molar-refractivity contribution in [2.75, 3.05) is 46.9 Å². The minimum absolute atomic E-state index is 0.0386. The Bertz CT molecular complexity index is 866. The van der Waals surface area contributed by atoms with E-state index in [1.54, 1.807) is 7.11 Å². The minimum atomic E-state index is -2.49. The summed E-state index contributed by atoms with van der Waals surface area (Å²) in [5.74, 6) is -0.740. The number of nitrogens with zero attached hydrogens (tertiary/aromatic N) is 3. The zero-order valence-electron chi connectivity index (χ0n) is 18.3. The lowest BCUT2D eigenvalue weighted by Gasteiger charge is -2.32. The number of likely N-dealkylation sites (tertiary alicyclic amines) is 1. The van der Waals surface area contributed by atoms with Crippen molar-refractivity contribution in [3.63, 3.8) is 0 Å². The van der Waals surface area contributed by atoms with E-state index in [9.17, 15) is 8.78 Å². The first-order valence-electron chi connectivity index (χ1n) is 11.0. The van der Waals surface area contributed by atoms with Crippen molar-refractivity contribution in [3.05, 3.63) is 53.2 Å². The van der Waals surface area contributed by atoms with Gasteiger partial charge in [-0.15, -0.1) is 0 Å². The smallest absolute Gasteiger partial charge is 0.250 e. The fourth-order valence-corrected chi connectivity index (χ4v) is 4.47. The van der Waals surface area contributed by atoms with E-state index in [1.165, 1.54) is 16.7 Å². The molecular weight excluding hydrogens is 400 g/mol. The van der Waals surface area contributed by atoms with E-state index < -0.39 is 5.92 Å². The van der Waals surface area contributed by atoms with Gasteiger partial charge in [-0.2, -0.15) is 0 Å². The van der Waals surface area contributed by atoms with Crippen LogP contribution in [0.2, 0.25) is 0 Å². The molecule has 1 fully saturated rings. The number of fused-ring (bicyclic) bond motifs is 1. The average Bonchev–Trinajstić information content (AvgIpc) is 2.77. The van der Waals surface area contributed by atoms with Gasteiger partial charge in [0.15, 0.2) is 0 Å². The Morgan fingerprint density at radius 1 is 1.16 bits per heavy atom. The standard InChI is InChI=1S/C24H31F2N3O2/c1-28-16-19-14-23(31-13-3-10-29-11-8-24(25,26)9-12-29)27-15-21(19)22(17-28)18-4-6-20(30-2)7-5-18/h4-7,14-15,22H,3,8-13,16-17H2,1-2H3. The van der Waals surface area contributed by atoms with Gasteiger partial charge in [0.2, 0.25) is 5.88 Å². The summed E-state index contributed by atoms with van der Waals surface area (Å²) in [4.78, 5) is 8.96. The highest BCUT2D eigenvalue weighted by atomic mass is 19.3. The molecule has 1 aromatic carbocycles. The number of hydrogen-bond donors (Lipinski definition) is 0. The third-order valence-corrected chi connectivity index (χ3v) is 6.28. The van der Waals surface area contributed by atoms with E-state index >= 15 is 0 Å². The summed E-state index contributed by atoms with van der Waals surface area (Å²) in [5, 5.41) is 0. The Labute approximate surface area is 183 Å². The van der Waals surface area contributed by atoms with Crippen molar-refractivity contribution in [3.8, 4) is 11.6 Å². The molecule has 2 aliphatic rings. The van der Waals surface area contributed by atoms with Crippen LogP contribution in [0.25, 0.3) is 0 Å². The van der Waals surface area contributed by atoms with Crippen LogP contribution in [0, 0.1) is 0 Å². The van der Waals surface area contributed by atoms with E-state index in [2.05, 4.69) is 34.0 Å². The predicted molar refractivity (Wildman–Crippen MR) is 116 cm³/mol.